The van der Waals surface area contributed by atoms with Crippen LogP contribution >= 0.6 is 0 Å². The number of benzene rings is 1. The molecule has 200 valence electrons. The van der Waals surface area contributed by atoms with Crippen LogP contribution in [0.5, 0.6) is 0 Å². The predicted octanol–water partition coefficient (Wildman–Crippen LogP) is 3.37. The molecule has 9 nitrogen and oxygen atoms in total. The highest BCUT2D eigenvalue weighted by molar-refractivity contribution is 6.44. The minimum atomic E-state index is -1.01. The number of aromatic nitrogens is 1. The first-order chi connectivity index (χ1) is 17.8. The lowest BCUT2D eigenvalue weighted by Gasteiger charge is -2.36. The van der Waals surface area contributed by atoms with Gasteiger partial charge in [0.1, 0.15) is 28.7 Å². The van der Waals surface area contributed by atoms with E-state index in [1.165, 1.54) is 6.20 Å². The van der Waals surface area contributed by atoms with Gasteiger partial charge in [-0.3, -0.25) is 15.0 Å². The summed E-state index contributed by atoms with van der Waals surface area (Å²) in [6, 6.07) is 7.21. The zero-order valence-electron chi connectivity index (χ0n) is 21.7. The van der Waals surface area contributed by atoms with Crippen LogP contribution in [0, 0.1) is 11.6 Å². The van der Waals surface area contributed by atoms with E-state index >= 15 is 0 Å². The van der Waals surface area contributed by atoms with Crippen molar-refractivity contribution >= 4 is 29.0 Å². The molecule has 0 saturated carbocycles. The number of anilines is 2. The van der Waals surface area contributed by atoms with Crippen molar-refractivity contribution in [3.63, 3.8) is 0 Å². The Hall–Kier alpha value is -3.86. The van der Waals surface area contributed by atoms with Gasteiger partial charge in [-0.1, -0.05) is 26.5 Å². The van der Waals surface area contributed by atoms with Gasteiger partial charge in [-0.2, -0.15) is 5.10 Å². The highest BCUT2D eigenvalue weighted by atomic mass is 19.1. The van der Waals surface area contributed by atoms with E-state index in [-0.39, 0.29) is 5.71 Å². The van der Waals surface area contributed by atoms with Crippen LogP contribution in [0.4, 0.5) is 20.3 Å². The molecule has 1 aliphatic rings. The SMILES string of the molecule is C=CN/N=C(\CNC(=O)c1c(F)cccc1F)C(=O)Nc1ccc(N2CCC(N(C)C)CC2)cn1.CC. The number of nitrogens with one attached hydrogen (secondary N) is 3. The van der Waals surface area contributed by atoms with Gasteiger partial charge in [0.2, 0.25) is 0 Å². The maximum absolute atomic E-state index is 13.8. The first kappa shape index (κ1) is 29.4. The van der Waals surface area contributed by atoms with E-state index in [4.69, 9.17) is 0 Å². The Kier molecular flexibility index (Phi) is 11.6. The Morgan fingerprint density at radius 1 is 1.16 bits per heavy atom. The first-order valence-corrected chi connectivity index (χ1v) is 12.1. The topological polar surface area (TPSA) is 102 Å². The van der Waals surface area contributed by atoms with E-state index in [1.807, 2.05) is 19.9 Å². The molecule has 2 aromatic rings. The normalized spacial score (nSPS) is 13.9. The van der Waals surface area contributed by atoms with Crippen molar-refractivity contribution in [2.45, 2.75) is 32.7 Å². The summed E-state index contributed by atoms with van der Waals surface area (Å²) in [5.41, 5.74) is 2.50. The summed E-state index contributed by atoms with van der Waals surface area (Å²) in [5.74, 6) is -3.39. The molecule has 1 aromatic carbocycles. The molecule has 1 aliphatic heterocycles. The molecule has 0 spiro atoms. The lowest BCUT2D eigenvalue weighted by atomic mass is 10.0. The molecule has 37 heavy (non-hydrogen) atoms. The molecule has 1 saturated heterocycles. The summed E-state index contributed by atoms with van der Waals surface area (Å²) in [4.78, 5) is 33.8. The standard InChI is InChI=1S/C24H29F2N7O2.C2H6/c1-4-29-31-20(15-28-24(35)22-18(25)6-5-7-19(22)26)23(34)30-21-9-8-17(14-27-21)33-12-10-16(11-13-33)32(2)3;1-2/h4-9,14,16,29H,1,10-13,15H2,2-3H3,(H,28,35)(H,27,30,34);1-2H3/b31-20+;. The highest BCUT2D eigenvalue weighted by Gasteiger charge is 2.22. The third-order valence-corrected chi connectivity index (χ3v) is 5.71. The number of amides is 2. The van der Waals surface area contributed by atoms with Crippen molar-refractivity contribution in [2.24, 2.45) is 5.10 Å². The average molecular weight is 516 g/mol. The molecule has 3 N–H and O–H groups in total. The second-order valence-corrected chi connectivity index (χ2v) is 8.21. The van der Waals surface area contributed by atoms with Crippen molar-refractivity contribution in [3.05, 3.63) is 66.5 Å². The number of hydrazone groups is 1. The monoisotopic (exact) mass is 515 g/mol. The fraction of sp³-hybridized carbons (Fsp3) is 0.385. The fourth-order valence-corrected chi connectivity index (χ4v) is 3.74. The highest BCUT2D eigenvalue weighted by Crippen LogP contribution is 2.22. The number of piperidine rings is 1. The molecular formula is C26H35F2N7O2. The molecule has 0 unspecified atom stereocenters. The molecular weight excluding hydrogens is 480 g/mol. The number of carbonyl (C=O) groups excluding carboxylic acids is 2. The molecule has 11 heteroatoms. The Morgan fingerprint density at radius 3 is 2.35 bits per heavy atom. The zero-order chi connectivity index (χ0) is 27.4. The minimum absolute atomic E-state index is 0.147. The zero-order valence-corrected chi connectivity index (χ0v) is 21.7. The van der Waals surface area contributed by atoms with Crippen LogP contribution in [0.15, 0.2) is 54.4 Å². The summed E-state index contributed by atoms with van der Waals surface area (Å²) >= 11 is 0. The van der Waals surface area contributed by atoms with E-state index in [1.54, 1.807) is 12.3 Å². The van der Waals surface area contributed by atoms with Crippen LogP contribution in [0.2, 0.25) is 0 Å². The van der Waals surface area contributed by atoms with Gasteiger partial charge in [0.05, 0.1) is 18.4 Å². The number of carbonyl (C=O) groups is 2. The first-order valence-electron chi connectivity index (χ1n) is 12.1. The van der Waals surface area contributed by atoms with Crippen LogP contribution in [0.1, 0.15) is 37.0 Å². The van der Waals surface area contributed by atoms with Gasteiger partial charge < -0.3 is 20.4 Å². The van der Waals surface area contributed by atoms with Gasteiger partial charge in [0.25, 0.3) is 11.8 Å². The van der Waals surface area contributed by atoms with Gasteiger partial charge in [-0.15, -0.1) is 0 Å². The van der Waals surface area contributed by atoms with Gasteiger partial charge in [0.15, 0.2) is 0 Å². The fourth-order valence-electron chi connectivity index (χ4n) is 3.74. The van der Waals surface area contributed by atoms with Crippen molar-refractivity contribution in [3.8, 4) is 0 Å². The number of hydrogen-bond donors (Lipinski definition) is 3. The third-order valence-electron chi connectivity index (χ3n) is 5.71. The van der Waals surface area contributed by atoms with E-state index in [2.05, 4.69) is 56.6 Å². The molecule has 1 aromatic heterocycles. The van der Waals surface area contributed by atoms with E-state index in [9.17, 15) is 18.4 Å². The molecule has 2 heterocycles. The number of nitrogens with zero attached hydrogens (tertiary/aromatic N) is 4. The second-order valence-electron chi connectivity index (χ2n) is 8.21. The number of halogens is 2. The van der Waals surface area contributed by atoms with Gasteiger partial charge in [0, 0.05) is 25.3 Å². The van der Waals surface area contributed by atoms with Crippen LogP contribution in [0.25, 0.3) is 0 Å². The number of pyridine rings is 1. The largest absolute Gasteiger partial charge is 0.370 e. The molecule has 0 aliphatic carbocycles. The van der Waals surface area contributed by atoms with Gasteiger partial charge >= 0.3 is 0 Å². The third kappa shape index (κ3) is 8.35. The van der Waals surface area contributed by atoms with E-state index in [0.717, 1.165) is 49.8 Å². The molecule has 0 radical (unpaired) electrons. The maximum Gasteiger partial charge on any atom is 0.274 e. The van der Waals surface area contributed by atoms with Crippen LogP contribution in [0.3, 0.4) is 0 Å². The van der Waals surface area contributed by atoms with Crippen LogP contribution < -0.4 is 21.0 Å². The van der Waals surface area contributed by atoms with Crippen molar-refractivity contribution in [2.75, 3.05) is 43.9 Å². The van der Waals surface area contributed by atoms with Gasteiger partial charge in [-0.05, 0) is 51.2 Å². The predicted molar refractivity (Wildman–Crippen MR) is 143 cm³/mol. The maximum atomic E-state index is 13.8. The lowest BCUT2D eigenvalue weighted by molar-refractivity contribution is -0.110. The quantitative estimate of drug-likeness (QED) is 0.350. The molecule has 0 bridgehead atoms. The Labute approximate surface area is 216 Å². The Morgan fingerprint density at radius 2 is 1.81 bits per heavy atom. The van der Waals surface area contributed by atoms with Crippen LogP contribution in [-0.4, -0.2) is 67.2 Å². The number of rotatable bonds is 9. The summed E-state index contributed by atoms with van der Waals surface area (Å²) in [6.45, 7) is 8.90. The second kappa shape index (κ2) is 14.6. The van der Waals surface area contributed by atoms with Crippen LogP contribution in [-0.2, 0) is 4.79 Å². The van der Waals surface area contributed by atoms with E-state index in [0.29, 0.717) is 11.9 Å². The Balaban J connectivity index is 0.00000235. The summed E-state index contributed by atoms with van der Waals surface area (Å²) < 4.78 is 27.7. The van der Waals surface area contributed by atoms with Crippen molar-refractivity contribution in [1.82, 2.24) is 20.6 Å². The molecule has 3 rings (SSSR count). The van der Waals surface area contributed by atoms with Gasteiger partial charge in [-0.25, -0.2) is 13.8 Å². The lowest BCUT2D eigenvalue weighted by Crippen LogP contribution is -2.42. The molecule has 2 amide bonds. The smallest absolute Gasteiger partial charge is 0.274 e. The summed E-state index contributed by atoms with van der Waals surface area (Å²) in [5, 5.41) is 8.77. The van der Waals surface area contributed by atoms with E-state index < -0.39 is 35.6 Å². The average Bonchev–Trinajstić information content (AvgIpc) is 2.90. The Bertz CT molecular complexity index is 1060. The molecule has 1 fully saturated rings. The molecule has 0 atom stereocenters. The summed E-state index contributed by atoms with van der Waals surface area (Å²) in [6.07, 6.45) is 5.04. The minimum Gasteiger partial charge on any atom is -0.370 e. The number of hydrogen-bond acceptors (Lipinski definition) is 7. The van der Waals surface area contributed by atoms with Crippen molar-refractivity contribution in [1.29, 1.82) is 0 Å². The summed E-state index contributed by atoms with van der Waals surface area (Å²) in [7, 11) is 4.18. The van der Waals surface area contributed by atoms with Crippen molar-refractivity contribution < 1.29 is 18.4 Å².